The number of benzene rings is 1. The predicted molar refractivity (Wildman–Crippen MR) is 106 cm³/mol. The van der Waals surface area contributed by atoms with Crippen LogP contribution in [0.15, 0.2) is 24.3 Å². The van der Waals surface area contributed by atoms with Crippen molar-refractivity contribution < 1.29 is 9.59 Å². The molecule has 2 rings (SSSR count). The lowest BCUT2D eigenvalue weighted by Crippen LogP contribution is -2.34. The van der Waals surface area contributed by atoms with E-state index in [1.165, 1.54) is 32.1 Å². The summed E-state index contributed by atoms with van der Waals surface area (Å²) in [6, 6.07) is 7.21. The van der Waals surface area contributed by atoms with Crippen LogP contribution in [0.2, 0.25) is 0 Å². The van der Waals surface area contributed by atoms with Crippen LogP contribution in [0.5, 0.6) is 0 Å². The van der Waals surface area contributed by atoms with Crippen LogP contribution < -0.4 is 16.0 Å². The van der Waals surface area contributed by atoms with E-state index in [4.69, 9.17) is 12.2 Å². The molecule has 0 atom stereocenters. The number of carbonyl (C=O) groups is 2. The SMILES string of the molecule is CCC(=O)Nc1ccc(NC(=S)NC(=O)CCC2CCCCC2)cc1. The third-order valence-electron chi connectivity index (χ3n) is 4.50. The highest BCUT2D eigenvalue weighted by molar-refractivity contribution is 7.80. The van der Waals surface area contributed by atoms with E-state index in [1.807, 2.05) is 12.1 Å². The van der Waals surface area contributed by atoms with Gasteiger partial charge in [-0.05, 0) is 48.8 Å². The average Bonchev–Trinajstić information content (AvgIpc) is 2.62. The summed E-state index contributed by atoms with van der Waals surface area (Å²) in [4.78, 5) is 23.4. The Morgan fingerprint density at radius 3 is 2.20 bits per heavy atom. The van der Waals surface area contributed by atoms with Crippen LogP contribution in [-0.4, -0.2) is 16.9 Å². The van der Waals surface area contributed by atoms with Crippen LogP contribution in [0.4, 0.5) is 11.4 Å². The first-order valence-electron chi connectivity index (χ1n) is 9.07. The molecule has 0 aliphatic heterocycles. The van der Waals surface area contributed by atoms with E-state index in [-0.39, 0.29) is 11.8 Å². The molecule has 1 saturated carbocycles. The summed E-state index contributed by atoms with van der Waals surface area (Å²) in [5.41, 5.74) is 1.51. The van der Waals surface area contributed by atoms with Crippen LogP contribution in [-0.2, 0) is 9.59 Å². The first-order valence-corrected chi connectivity index (χ1v) is 9.48. The van der Waals surface area contributed by atoms with Crippen LogP contribution in [0.25, 0.3) is 0 Å². The first-order chi connectivity index (χ1) is 12.1. The van der Waals surface area contributed by atoms with Crippen LogP contribution in [0, 0.1) is 5.92 Å². The molecule has 0 bridgehead atoms. The lowest BCUT2D eigenvalue weighted by molar-refractivity contribution is -0.120. The standard InChI is InChI=1S/C19H27N3O2S/c1-2-17(23)20-15-9-11-16(12-10-15)21-19(25)22-18(24)13-8-14-6-4-3-5-7-14/h9-12,14H,2-8,13H2,1H3,(H,20,23)(H2,21,22,24,25). The summed E-state index contributed by atoms with van der Waals surface area (Å²) in [7, 11) is 0. The molecule has 0 unspecified atom stereocenters. The van der Waals surface area contributed by atoms with Gasteiger partial charge in [0.2, 0.25) is 11.8 Å². The van der Waals surface area contributed by atoms with Gasteiger partial charge in [-0.25, -0.2) is 0 Å². The zero-order valence-electron chi connectivity index (χ0n) is 14.8. The zero-order chi connectivity index (χ0) is 18.1. The fraction of sp³-hybridized carbons (Fsp3) is 0.526. The number of thiocarbonyl (C=S) groups is 1. The Morgan fingerprint density at radius 1 is 1.00 bits per heavy atom. The monoisotopic (exact) mass is 361 g/mol. The van der Waals surface area contributed by atoms with E-state index in [0.29, 0.717) is 23.9 Å². The molecule has 6 heteroatoms. The van der Waals surface area contributed by atoms with E-state index >= 15 is 0 Å². The largest absolute Gasteiger partial charge is 0.332 e. The van der Waals surface area contributed by atoms with Gasteiger partial charge in [-0.15, -0.1) is 0 Å². The van der Waals surface area contributed by atoms with Crippen LogP contribution >= 0.6 is 12.2 Å². The number of carbonyl (C=O) groups excluding carboxylic acids is 2. The molecule has 0 spiro atoms. The highest BCUT2D eigenvalue weighted by atomic mass is 32.1. The molecule has 136 valence electrons. The molecule has 1 fully saturated rings. The van der Waals surface area contributed by atoms with Gasteiger partial charge in [0.25, 0.3) is 0 Å². The van der Waals surface area contributed by atoms with E-state index in [1.54, 1.807) is 19.1 Å². The molecule has 0 saturated heterocycles. The van der Waals surface area contributed by atoms with Gasteiger partial charge >= 0.3 is 0 Å². The van der Waals surface area contributed by atoms with Crippen LogP contribution in [0.3, 0.4) is 0 Å². The molecular weight excluding hydrogens is 334 g/mol. The third-order valence-corrected chi connectivity index (χ3v) is 4.71. The second-order valence-corrected chi connectivity index (χ2v) is 6.93. The summed E-state index contributed by atoms with van der Waals surface area (Å²) in [6.45, 7) is 1.81. The van der Waals surface area contributed by atoms with Gasteiger partial charge < -0.3 is 16.0 Å². The molecule has 3 N–H and O–H groups in total. The lowest BCUT2D eigenvalue weighted by Gasteiger charge is -2.21. The topological polar surface area (TPSA) is 70.2 Å². The van der Waals surface area contributed by atoms with Gasteiger partial charge in [-0.3, -0.25) is 9.59 Å². The van der Waals surface area contributed by atoms with Gasteiger partial charge in [0.05, 0.1) is 0 Å². The van der Waals surface area contributed by atoms with Gasteiger partial charge in [0.1, 0.15) is 0 Å². The maximum Gasteiger partial charge on any atom is 0.226 e. The average molecular weight is 362 g/mol. The smallest absolute Gasteiger partial charge is 0.226 e. The van der Waals surface area contributed by atoms with Crippen molar-refractivity contribution >= 4 is 40.5 Å². The fourth-order valence-corrected chi connectivity index (χ4v) is 3.28. The number of rotatable bonds is 6. The van der Waals surface area contributed by atoms with Crippen molar-refractivity contribution in [3.05, 3.63) is 24.3 Å². The normalized spacial score (nSPS) is 14.6. The number of amides is 2. The molecule has 1 aromatic rings. The summed E-state index contributed by atoms with van der Waals surface area (Å²) in [6.07, 6.45) is 8.32. The first kappa shape index (κ1) is 19.4. The van der Waals surface area contributed by atoms with E-state index in [2.05, 4.69) is 16.0 Å². The molecule has 0 heterocycles. The summed E-state index contributed by atoms with van der Waals surface area (Å²) in [5.74, 6) is 0.628. The van der Waals surface area contributed by atoms with E-state index in [9.17, 15) is 9.59 Å². The Labute approximate surface area is 155 Å². The Morgan fingerprint density at radius 2 is 1.60 bits per heavy atom. The second kappa shape index (κ2) is 10.1. The number of hydrogen-bond donors (Lipinski definition) is 3. The van der Waals surface area contributed by atoms with Gasteiger partial charge in [0, 0.05) is 24.2 Å². The third kappa shape index (κ3) is 7.22. The van der Waals surface area contributed by atoms with Crippen LogP contribution in [0.1, 0.15) is 58.3 Å². The highest BCUT2D eigenvalue weighted by Gasteiger charge is 2.15. The van der Waals surface area contributed by atoms with Crippen molar-refractivity contribution in [3.8, 4) is 0 Å². The van der Waals surface area contributed by atoms with Crippen molar-refractivity contribution in [2.75, 3.05) is 10.6 Å². The molecular formula is C19H27N3O2S. The highest BCUT2D eigenvalue weighted by Crippen LogP contribution is 2.27. The number of hydrogen-bond acceptors (Lipinski definition) is 3. The summed E-state index contributed by atoms with van der Waals surface area (Å²) >= 11 is 5.19. The molecule has 0 radical (unpaired) electrons. The minimum atomic E-state index is -0.0325. The second-order valence-electron chi connectivity index (χ2n) is 6.52. The van der Waals surface area contributed by atoms with Gasteiger partial charge in [0.15, 0.2) is 5.11 Å². The minimum Gasteiger partial charge on any atom is -0.332 e. The molecule has 0 aromatic heterocycles. The number of anilines is 2. The van der Waals surface area contributed by atoms with Crippen molar-refractivity contribution in [1.29, 1.82) is 0 Å². The predicted octanol–water partition coefficient (Wildman–Crippen LogP) is 4.21. The van der Waals surface area contributed by atoms with Crippen molar-refractivity contribution in [1.82, 2.24) is 5.32 Å². The van der Waals surface area contributed by atoms with Gasteiger partial charge in [-0.1, -0.05) is 39.0 Å². The maximum atomic E-state index is 12.0. The van der Waals surface area contributed by atoms with Crippen molar-refractivity contribution in [3.63, 3.8) is 0 Å². The quantitative estimate of drug-likeness (QED) is 0.664. The maximum absolute atomic E-state index is 12.0. The fourth-order valence-electron chi connectivity index (χ4n) is 3.05. The zero-order valence-corrected chi connectivity index (χ0v) is 15.6. The summed E-state index contributed by atoms with van der Waals surface area (Å²) in [5, 5.41) is 8.82. The van der Waals surface area contributed by atoms with E-state index < -0.39 is 0 Å². The number of nitrogens with one attached hydrogen (secondary N) is 3. The molecule has 25 heavy (non-hydrogen) atoms. The Balaban J connectivity index is 1.71. The lowest BCUT2D eigenvalue weighted by atomic mass is 9.86. The summed E-state index contributed by atoms with van der Waals surface area (Å²) < 4.78 is 0. The Hall–Kier alpha value is -1.95. The minimum absolute atomic E-state index is 0.0264. The molecule has 1 aliphatic carbocycles. The van der Waals surface area contributed by atoms with Crippen molar-refractivity contribution in [2.45, 2.75) is 58.3 Å². The van der Waals surface area contributed by atoms with Crippen molar-refractivity contribution in [2.24, 2.45) is 5.92 Å². The molecule has 1 aliphatic rings. The molecule has 1 aromatic carbocycles. The molecule has 2 amide bonds. The Kier molecular flexibility index (Phi) is 7.85. The van der Waals surface area contributed by atoms with E-state index in [0.717, 1.165) is 17.8 Å². The molecule has 5 nitrogen and oxygen atoms in total. The van der Waals surface area contributed by atoms with Gasteiger partial charge in [-0.2, -0.15) is 0 Å². The Bertz CT molecular complexity index is 595.